The molecule has 0 aliphatic carbocycles. The van der Waals surface area contributed by atoms with E-state index in [-0.39, 0.29) is 12.4 Å². The Hall–Kier alpha value is -0.770. The number of carboxylic acid groups (broad SMARTS) is 1. The molecule has 1 aliphatic heterocycles. The molecule has 0 unspecified atom stereocenters. The summed E-state index contributed by atoms with van der Waals surface area (Å²) in [5, 5.41) is 26.4. The van der Waals surface area contributed by atoms with Gasteiger partial charge in [-0.3, -0.25) is 9.69 Å². The van der Waals surface area contributed by atoms with Crippen molar-refractivity contribution >= 4 is 29.5 Å². The van der Waals surface area contributed by atoms with E-state index in [9.17, 15) is 9.90 Å². The molecule has 0 saturated carbocycles. The minimum absolute atomic E-state index is 0.0517. The van der Waals surface area contributed by atoms with Gasteiger partial charge in [-0.05, 0) is 0 Å². The molecule has 0 spiro atoms. The van der Waals surface area contributed by atoms with Crippen molar-refractivity contribution in [1.82, 2.24) is 19.7 Å². The molecule has 0 bridgehead atoms. The highest BCUT2D eigenvalue weighted by atomic mass is 32.2. The normalized spacial score (nSPS) is 16.4. The van der Waals surface area contributed by atoms with Crippen molar-refractivity contribution in [3.05, 3.63) is 5.82 Å². The highest BCUT2D eigenvalue weighted by Crippen LogP contribution is 2.17. The molecule has 0 aromatic carbocycles. The number of hydrogen-bond donors (Lipinski definition) is 2. The van der Waals surface area contributed by atoms with Crippen molar-refractivity contribution in [2.75, 3.05) is 36.9 Å². The molecule has 1 aliphatic rings. The molecule has 0 atom stereocenters. The summed E-state index contributed by atoms with van der Waals surface area (Å²) in [7, 11) is 0. The van der Waals surface area contributed by atoms with Crippen LogP contribution < -0.4 is 0 Å². The lowest BCUT2D eigenvalue weighted by Crippen LogP contribution is -2.35. The number of carboxylic acids is 1. The van der Waals surface area contributed by atoms with Gasteiger partial charge in [0, 0.05) is 37.7 Å². The number of carbonyl (C=O) groups is 1. The van der Waals surface area contributed by atoms with Crippen LogP contribution in [0.2, 0.25) is 0 Å². The fourth-order valence-electron chi connectivity index (χ4n) is 1.96. The van der Waals surface area contributed by atoms with E-state index in [0.717, 1.165) is 42.9 Å². The zero-order chi connectivity index (χ0) is 14.4. The minimum atomic E-state index is -0.886. The molecule has 0 amide bonds. The van der Waals surface area contributed by atoms with E-state index >= 15 is 0 Å². The van der Waals surface area contributed by atoms with Crippen LogP contribution in [-0.4, -0.2) is 72.7 Å². The van der Waals surface area contributed by atoms with E-state index < -0.39 is 5.97 Å². The second-order valence-electron chi connectivity index (χ2n) is 4.34. The van der Waals surface area contributed by atoms with Gasteiger partial charge in [0.2, 0.25) is 0 Å². The summed E-state index contributed by atoms with van der Waals surface area (Å²) in [6.45, 7) is 3.50. The van der Waals surface area contributed by atoms with Gasteiger partial charge in [-0.25, -0.2) is 0 Å². The van der Waals surface area contributed by atoms with Crippen LogP contribution in [0.4, 0.5) is 0 Å². The largest absolute Gasteiger partial charge is 0.481 e. The summed E-state index contributed by atoms with van der Waals surface area (Å²) in [4.78, 5) is 13.0. The quantitative estimate of drug-likeness (QED) is 0.679. The minimum Gasteiger partial charge on any atom is -0.481 e. The number of aliphatic carboxylic acids is 1. The Morgan fingerprint density at radius 1 is 1.30 bits per heavy atom. The summed E-state index contributed by atoms with van der Waals surface area (Å²) in [5.41, 5.74) is 0. The Balaban J connectivity index is 1.96. The summed E-state index contributed by atoms with van der Waals surface area (Å²) in [5.74, 6) is 1.85. The average molecular weight is 318 g/mol. The van der Waals surface area contributed by atoms with Crippen molar-refractivity contribution in [2.24, 2.45) is 0 Å². The number of aromatic nitrogens is 3. The molecule has 1 fully saturated rings. The molecule has 2 heterocycles. The maximum atomic E-state index is 10.6. The van der Waals surface area contributed by atoms with Crippen LogP contribution in [0.3, 0.4) is 0 Å². The Bertz CT molecular complexity index is 449. The highest BCUT2D eigenvalue weighted by Gasteiger charge is 2.15. The van der Waals surface area contributed by atoms with Crippen molar-refractivity contribution in [3.63, 3.8) is 0 Å². The van der Waals surface area contributed by atoms with E-state index in [1.165, 1.54) is 0 Å². The number of nitrogens with zero attached hydrogens (tertiary/aromatic N) is 4. The summed E-state index contributed by atoms with van der Waals surface area (Å²) in [6.07, 6.45) is 0. The van der Waals surface area contributed by atoms with Gasteiger partial charge in [0.15, 0.2) is 11.0 Å². The second-order valence-corrected chi connectivity index (χ2v) is 6.51. The summed E-state index contributed by atoms with van der Waals surface area (Å²) in [6, 6.07) is 0. The summed E-state index contributed by atoms with van der Waals surface area (Å²) < 4.78 is 1.81. The zero-order valence-corrected chi connectivity index (χ0v) is 12.7. The molecule has 1 saturated heterocycles. The molecule has 1 aromatic heterocycles. The first kappa shape index (κ1) is 15.6. The van der Waals surface area contributed by atoms with Crippen LogP contribution >= 0.6 is 23.5 Å². The Labute approximate surface area is 125 Å². The molecule has 7 nitrogen and oxygen atoms in total. The van der Waals surface area contributed by atoms with Crippen LogP contribution in [-0.2, 0) is 17.9 Å². The number of aliphatic hydroxyl groups is 1. The molecule has 1 aromatic rings. The van der Waals surface area contributed by atoms with Gasteiger partial charge >= 0.3 is 5.97 Å². The predicted octanol–water partition coefficient (Wildman–Crippen LogP) is -0.00410. The first-order chi connectivity index (χ1) is 9.70. The third-order valence-electron chi connectivity index (χ3n) is 3.00. The van der Waals surface area contributed by atoms with Crippen molar-refractivity contribution in [2.45, 2.75) is 18.3 Å². The van der Waals surface area contributed by atoms with Gasteiger partial charge in [0.05, 0.1) is 5.75 Å². The van der Waals surface area contributed by atoms with E-state index in [1.807, 2.05) is 16.3 Å². The third-order valence-corrected chi connectivity index (χ3v) is 4.90. The highest BCUT2D eigenvalue weighted by molar-refractivity contribution is 7.99. The summed E-state index contributed by atoms with van der Waals surface area (Å²) >= 11 is 3.10. The third kappa shape index (κ3) is 4.37. The molecule has 112 valence electrons. The molecule has 0 radical (unpaired) electrons. The molecule has 9 heteroatoms. The predicted molar refractivity (Wildman–Crippen MR) is 78.1 cm³/mol. The van der Waals surface area contributed by atoms with Gasteiger partial charge in [-0.2, -0.15) is 11.8 Å². The zero-order valence-electron chi connectivity index (χ0n) is 11.1. The molecule has 2 N–H and O–H groups in total. The standard InChI is InChI=1S/C11H18N4O3S2/c16-7-9-12-13-11(20-8-10(17)18)15(9)2-1-14-3-5-19-6-4-14/h16H,1-8H2,(H,17,18). The van der Waals surface area contributed by atoms with Crippen LogP contribution in [0.1, 0.15) is 5.82 Å². The van der Waals surface area contributed by atoms with Gasteiger partial charge in [-0.1, -0.05) is 11.8 Å². The maximum absolute atomic E-state index is 10.6. The first-order valence-electron chi connectivity index (χ1n) is 6.38. The van der Waals surface area contributed by atoms with E-state index in [4.69, 9.17) is 5.11 Å². The van der Waals surface area contributed by atoms with Crippen LogP contribution in [0.15, 0.2) is 5.16 Å². The molecule has 2 rings (SSSR count). The first-order valence-corrected chi connectivity index (χ1v) is 8.52. The maximum Gasteiger partial charge on any atom is 0.313 e. The SMILES string of the molecule is O=C(O)CSc1nnc(CO)n1CCN1CCSCC1. The molecular formula is C11H18N4O3S2. The molecular weight excluding hydrogens is 300 g/mol. The van der Waals surface area contributed by atoms with E-state index in [1.54, 1.807) is 0 Å². The van der Waals surface area contributed by atoms with E-state index in [2.05, 4.69) is 15.1 Å². The lowest BCUT2D eigenvalue weighted by atomic mass is 10.4. The van der Waals surface area contributed by atoms with Crippen molar-refractivity contribution in [1.29, 1.82) is 0 Å². The van der Waals surface area contributed by atoms with E-state index in [0.29, 0.717) is 17.5 Å². The Morgan fingerprint density at radius 2 is 2.05 bits per heavy atom. The van der Waals surface area contributed by atoms with Gasteiger partial charge in [-0.15, -0.1) is 10.2 Å². The molecule has 20 heavy (non-hydrogen) atoms. The Kier molecular flexibility index (Phi) is 6.14. The van der Waals surface area contributed by atoms with Crippen LogP contribution in [0, 0.1) is 0 Å². The monoisotopic (exact) mass is 318 g/mol. The lowest BCUT2D eigenvalue weighted by Gasteiger charge is -2.26. The Morgan fingerprint density at radius 3 is 2.70 bits per heavy atom. The van der Waals surface area contributed by atoms with Crippen molar-refractivity contribution < 1.29 is 15.0 Å². The average Bonchev–Trinajstić information content (AvgIpc) is 2.86. The number of rotatable bonds is 7. The second kappa shape index (κ2) is 7.87. The van der Waals surface area contributed by atoms with Gasteiger partial charge in [0.1, 0.15) is 6.61 Å². The fraction of sp³-hybridized carbons (Fsp3) is 0.727. The van der Waals surface area contributed by atoms with Crippen LogP contribution in [0.5, 0.6) is 0 Å². The number of thioether (sulfide) groups is 2. The van der Waals surface area contributed by atoms with Crippen LogP contribution in [0.25, 0.3) is 0 Å². The smallest absolute Gasteiger partial charge is 0.313 e. The topological polar surface area (TPSA) is 91.5 Å². The van der Waals surface area contributed by atoms with Gasteiger partial charge < -0.3 is 14.8 Å². The number of hydrogen-bond acceptors (Lipinski definition) is 7. The fourth-order valence-corrected chi connectivity index (χ4v) is 3.64. The van der Waals surface area contributed by atoms with Crippen molar-refractivity contribution in [3.8, 4) is 0 Å². The van der Waals surface area contributed by atoms with Gasteiger partial charge in [0.25, 0.3) is 0 Å². The lowest BCUT2D eigenvalue weighted by molar-refractivity contribution is -0.133. The number of aliphatic hydroxyl groups excluding tert-OH is 1.